The first kappa shape index (κ1) is 23.0. The van der Waals surface area contributed by atoms with Crippen LogP contribution in [0.4, 0.5) is 13.2 Å². The van der Waals surface area contributed by atoms with E-state index < -0.39 is 27.3 Å². The van der Waals surface area contributed by atoms with Crippen LogP contribution in [-0.2, 0) is 10.1 Å². The molecule has 1 aliphatic rings. The molecule has 0 radical (unpaired) electrons. The van der Waals surface area contributed by atoms with Crippen molar-refractivity contribution in [3.8, 4) is 11.5 Å². The van der Waals surface area contributed by atoms with Crippen molar-refractivity contribution in [2.75, 3.05) is 6.61 Å². The van der Waals surface area contributed by atoms with Gasteiger partial charge in [0.05, 0.1) is 12.6 Å². The minimum Gasteiger partial charge on any atom is -0.493 e. The Hall–Kier alpha value is -3.21. The van der Waals surface area contributed by atoms with Crippen molar-refractivity contribution in [3.63, 3.8) is 0 Å². The first-order valence-electron chi connectivity index (χ1n) is 10.1. The number of alkyl halides is 3. The quantitative estimate of drug-likeness (QED) is 0.404. The number of benzene rings is 2. The summed E-state index contributed by atoms with van der Waals surface area (Å²) in [6.45, 7) is 4.08. The number of fused-ring (bicyclic) bond motifs is 2. The van der Waals surface area contributed by atoms with Crippen LogP contribution in [0.25, 0.3) is 11.0 Å². The van der Waals surface area contributed by atoms with Gasteiger partial charge in [-0.1, -0.05) is 38.1 Å². The molecule has 0 unspecified atom stereocenters. The Morgan fingerprint density at radius 2 is 1.91 bits per heavy atom. The molecule has 0 fully saturated rings. The molecule has 2 aromatic carbocycles. The van der Waals surface area contributed by atoms with Gasteiger partial charge >= 0.3 is 15.6 Å². The monoisotopic (exact) mass is 483 g/mol. The molecule has 1 N–H and O–H groups in total. The number of nitrogens with one attached hydrogen (secondary N) is 1. The summed E-state index contributed by atoms with van der Waals surface area (Å²) >= 11 is 0. The molecular weight excluding hydrogens is 463 g/mol. The lowest BCUT2D eigenvalue weighted by Gasteiger charge is -2.26. The molecule has 1 aliphatic heterocycles. The van der Waals surface area contributed by atoms with Crippen LogP contribution < -0.4 is 14.2 Å². The Kier molecular flexibility index (Phi) is 5.77. The molecule has 11 heteroatoms. The Labute approximate surface area is 187 Å². The zero-order chi connectivity index (χ0) is 24.0. The highest BCUT2D eigenvalue weighted by Gasteiger charge is 2.49. The highest BCUT2D eigenvalue weighted by atomic mass is 32.2. The van der Waals surface area contributed by atoms with Gasteiger partial charge in [0.1, 0.15) is 5.75 Å². The number of rotatable bonds is 5. The highest BCUT2D eigenvalue weighted by molar-refractivity contribution is 7.88. The maximum Gasteiger partial charge on any atom is 0.534 e. The van der Waals surface area contributed by atoms with Gasteiger partial charge in [-0.25, -0.2) is 0 Å². The Morgan fingerprint density at radius 3 is 2.61 bits per heavy atom. The second-order valence-electron chi connectivity index (χ2n) is 7.85. The van der Waals surface area contributed by atoms with Crippen molar-refractivity contribution in [2.24, 2.45) is 0 Å². The highest BCUT2D eigenvalue weighted by Crippen LogP contribution is 2.38. The van der Waals surface area contributed by atoms with Crippen LogP contribution in [0.2, 0.25) is 0 Å². The third kappa shape index (κ3) is 4.37. The molecule has 0 aliphatic carbocycles. The van der Waals surface area contributed by atoms with E-state index in [9.17, 15) is 26.4 Å². The largest absolute Gasteiger partial charge is 0.534 e. The number of furan rings is 1. The van der Waals surface area contributed by atoms with Crippen molar-refractivity contribution >= 4 is 27.0 Å². The zero-order valence-electron chi connectivity index (χ0n) is 17.6. The summed E-state index contributed by atoms with van der Waals surface area (Å²) in [4.78, 5) is 12.9. The fourth-order valence-corrected chi connectivity index (χ4v) is 4.15. The summed E-state index contributed by atoms with van der Waals surface area (Å²) in [5.41, 5.74) is -4.43. The minimum atomic E-state index is -5.92. The van der Waals surface area contributed by atoms with E-state index in [4.69, 9.17) is 9.15 Å². The van der Waals surface area contributed by atoms with Gasteiger partial charge in [0.25, 0.3) is 5.91 Å². The maximum absolute atomic E-state index is 12.9. The average Bonchev–Trinajstić information content (AvgIpc) is 3.19. The number of para-hydroxylation sites is 1. The van der Waals surface area contributed by atoms with Gasteiger partial charge in [0, 0.05) is 17.4 Å². The lowest BCUT2D eigenvalue weighted by molar-refractivity contribution is -0.0499. The second-order valence-corrected chi connectivity index (χ2v) is 9.38. The van der Waals surface area contributed by atoms with Gasteiger partial charge in [-0.3, -0.25) is 4.79 Å². The van der Waals surface area contributed by atoms with Crippen molar-refractivity contribution in [1.29, 1.82) is 0 Å². The number of halogens is 3. The van der Waals surface area contributed by atoms with Gasteiger partial charge in [0.2, 0.25) is 0 Å². The number of hydrogen-bond donors (Lipinski definition) is 1. The van der Waals surface area contributed by atoms with Gasteiger partial charge < -0.3 is 18.7 Å². The van der Waals surface area contributed by atoms with Crippen molar-refractivity contribution in [2.45, 2.75) is 37.7 Å². The molecule has 176 valence electrons. The Morgan fingerprint density at radius 1 is 1.18 bits per heavy atom. The summed E-state index contributed by atoms with van der Waals surface area (Å²) in [7, 11) is -5.92. The Balaban J connectivity index is 1.71. The minimum absolute atomic E-state index is 0.0864. The molecule has 2 heterocycles. The molecule has 1 atom stereocenters. The third-order valence-corrected chi connectivity index (χ3v) is 6.24. The number of hydrogen-bond acceptors (Lipinski definition) is 6. The molecule has 0 bridgehead atoms. The lowest BCUT2D eigenvalue weighted by Crippen LogP contribution is -2.31. The molecule has 3 aromatic rings. The smallest absolute Gasteiger partial charge is 0.493 e. The molecule has 0 saturated carbocycles. The van der Waals surface area contributed by atoms with Crippen LogP contribution in [0.3, 0.4) is 0 Å². The molecular formula is C22H20F3NO6S. The van der Waals surface area contributed by atoms with E-state index in [1.807, 2.05) is 32.0 Å². The van der Waals surface area contributed by atoms with Crippen LogP contribution >= 0.6 is 0 Å². The molecule has 7 nitrogen and oxygen atoms in total. The summed E-state index contributed by atoms with van der Waals surface area (Å²) in [5, 5.41) is 3.13. The summed E-state index contributed by atoms with van der Waals surface area (Å²) in [5.74, 6) is -0.879. The SMILES string of the molecule is CC(C)c1ccc(OS(=O)(=O)C(F)(F)F)c2oc(C(=O)N[C@H]3CCOc4ccccc43)cc12. The Bertz CT molecular complexity index is 1310. The zero-order valence-corrected chi connectivity index (χ0v) is 18.4. The van der Waals surface area contributed by atoms with E-state index in [0.29, 0.717) is 24.3 Å². The van der Waals surface area contributed by atoms with E-state index in [2.05, 4.69) is 9.50 Å². The summed E-state index contributed by atoms with van der Waals surface area (Å²) in [6.07, 6.45) is 0.512. The topological polar surface area (TPSA) is 94.8 Å². The van der Waals surface area contributed by atoms with Gasteiger partial charge in [-0.15, -0.1) is 0 Å². The van der Waals surface area contributed by atoms with Crippen LogP contribution in [0.15, 0.2) is 46.9 Å². The fourth-order valence-electron chi connectivity index (χ4n) is 3.69. The van der Waals surface area contributed by atoms with E-state index in [-0.39, 0.29) is 28.7 Å². The van der Waals surface area contributed by atoms with Crippen LogP contribution in [-0.4, -0.2) is 26.4 Å². The average molecular weight is 483 g/mol. The van der Waals surface area contributed by atoms with Crippen LogP contribution in [0.1, 0.15) is 53.9 Å². The molecule has 0 saturated heterocycles. The maximum atomic E-state index is 12.9. The molecule has 1 aromatic heterocycles. The van der Waals surface area contributed by atoms with E-state index in [1.54, 1.807) is 6.07 Å². The van der Waals surface area contributed by atoms with Crippen LogP contribution in [0.5, 0.6) is 11.5 Å². The van der Waals surface area contributed by atoms with Crippen LogP contribution in [0, 0.1) is 0 Å². The van der Waals surface area contributed by atoms with Crippen molar-refractivity contribution < 1.29 is 39.7 Å². The summed E-state index contributed by atoms with van der Waals surface area (Å²) < 4.78 is 76.9. The second kappa shape index (κ2) is 8.29. The number of carbonyl (C=O) groups excluding carboxylic acids is 1. The molecule has 4 rings (SSSR count). The standard InChI is InChI=1S/C22H20F3NO6S/c1-12(2)13-7-8-18(32-33(28,29)22(23,24)25)20-15(13)11-19(31-20)21(27)26-16-9-10-30-17-6-4-3-5-14(16)17/h3-8,11-12,16H,9-10H2,1-2H3,(H,26,27)/t16-/m0/s1. The number of ether oxygens (including phenoxy) is 1. The lowest BCUT2D eigenvalue weighted by atomic mass is 9.99. The number of amides is 1. The first-order valence-corrected chi connectivity index (χ1v) is 11.5. The van der Waals surface area contributed by atoms with Crippen molar-refractivity contribution in [3.05, 3.63) is 59.4 Å². The third-order valence-electron chi connectivity index (χ3n) is 5.27. The molecule has 33 heavy (non-hydrogen) atoms. The van der Waals surface area contributed by atoms with E-state index >= 15 is 0 Å². The predicted octanol–water partition coefficient (Wildman–Crippen LogP) is 5.04. The number of carbonyl (C=O) groups is 1. The van der Waals surface area contributed by atoms with E-state index in [0.717, 1.165) is 11.6 Å². The van der Waals surface area contributed by atoms with Crippen molar-refractivity contribution in [1.82, 2.24) is 5.32 Å². The molecule has 1 amide bonds. The summed E-state index contributed by atoms with van der Waals surface area (Å²) in [6, 6.07) is 10.8. The fraction of sp³-hybridized carbons (Fsp3) is 0.318. The predicted molar refractivity (Wildman–Crippen MR) is 113 cm³/mol. The first-order chi connectivity index (χ1) is 15.5. The van der Waals surface area contributed by atoms with Gasteiger partial charge in [-0.2, -0.15) is 21.6 Å². The van der Waals surface area contributed by atoms with Gasteiger partial charge in [-0.05, 0) is 29.7 Å². The van der Waals surface area contributed by atoms with E-state index in [1.165, 1.54) is 12.1 Å². The normalized spacial score (nSPS) is 16.4. The van der Waals surface area contributed by atoms with Gasteiger partial charge in [0.15, 0.2) is 17.1 Å². The molecule has 0 spiro atoms.